The van der Waals surface area contributed by atoms with Crippen LogP contribution in [0.4, 0.5) is 13.2 Å². The Bertz CT molecular complexity index is 973. The van der Waals surface area contributed by atoms with Crippen LogP contribution >= 0.6 is 15.2 Å². The largest absolute Gasteiger partial charge is 1.00 e. The molecule has 1 aliphatic rings. The van der Waals surface area contributed by atoms with Crippen molar-refractivity contribution in [3.63, 3.8) is 0 Å². The summed E-state index contributed by atoms with van der Waals surface area (Å²) >= 11 is 0. The summed E-state index contributed by atoms with van der Waals surface area (Å²) in [6, 6.07) is 0. The van der Waals surface area contributed by atoms with Crippen LogP contribution in [0.1, 0.15) is 6.23 Å². The molecule has 0 aromatic carbocycles. The van der Waals surface area contributed by atoms with Gasteiger partial charge < -0.3 is 43.3 Å². The standard InChI is InChI=1S/C10H13F3N2O11P2.3Na/c11-3-1-15(9(19)14-7(3)18)8-6(17)5(16)4(26-8)2-25-28(23,24)10(12,13)27(20,21)22;;;/h1,4-6,8,16-17H,2H2,(H,23,24)(H,14,18,19)(H2,20,21,22);;;/q;3*+1/p-3/t4-,5-,6-,8-;;;/m1.../s1. The third kappa shape index (κ3) is 7.32. The van der Waals surface area contributed by atoms with E-state index < -0.39 is 68.8 Å². The number of hydrogen-bond acceptors (Lipinski definition) is 11. The van der Waals surface area contributed by atoms with Crippen LogP contribution in [0.2, 0.25) is 0 Å². The molecule has 1 unspecified atom stereocenters. The minimum Gasteiger partial charge on any atom is -0.806 e. The normalized spacial score (nSPS) is 25.5. The number of nitrogens with one attached hydrogen (secondary N) is 1. The molecule has 31 heavy (non-hydrogen) atoms. The molecule has 0 bridgehead atoms. The Morgan fingerprint density at radius 2 is 1.68 bits per heavy atom. The number of aliphatic hydroxyl groups excluding tert-OH is 2. The zero-order valence-electron chi connectivity index (χ0n) is 16.1. The van der Waals surface area contributed by atoms with Crippen LogP contribution in [0.15, 0.2) is 15.8 Å². The molecular weight excluding hydrogens is 512 g/mol. The van der Waals surface area contributed by atoms with E-state index in [1.54, 1.807) is 0 Å². The van der Waals surface area contributed by atoms with E-state index >= 15 is 0 Å². The molecular formula is C10H10F3N2Na3O11P2. The van der Waals surface area contributed by atoms with Gasteiger partial charge in [-0.25, -0.2) is 4.79 Å². The van der Waals surface area contributed by atoms with E-state index in [1.165, 1.54) is 4.98 Å². The van der Waals surface area contributed by atoms with E-state index in [0.717, 1.165) is 0 Å². The van der Waals surface area contributed by atoms with Gasteiger partial charge in [0.15, 0.2) is 6.23 Å². The molecule has 0 aliphatic carbocycles. The molecule has 0 spiro atoms. The Morgan fingerprint density at radius 1 is 1.16 bits per heavy atom. The summed E-state index contributed by atoms with van der Waals surface area (Å²) in [5.74, 6) is -1.49. The molecule has 160 valence electrons. The predicted molar refractivity (Wildman–Crippen MR) is 73.3 cm³/mol. The van der Waals surface area contributed by atoms with Gasteiger partial charge in [-0.05, 0) is 0 Å². The molecule has 1 aromatic heterocycles. The molecule has 21 heteroatoms. The Balaban J connectivity index is 0. The van der Waals surface area contributed by atoms with Crippen LogP contribution in [0, 0.1) is 5.82 Å². The summed E-state index contributed by atoms with van der Waals surface area (Å²) in [7, 11) is -13.6. The van der Waals surface area contributed by atoms with Crippen LogP contribution in [0.25, 0.3) is 0 Å². The maximum absolute atomic E-state index is 13.3. The molecule has 1 fully saturated rings. The first-order chi connectivity index (χ1) is 12.6. The molecule has 5 atom stereocenters. The van der Waals surface area contributed by atoms with Gasteiger partial charge in [0.05, 0.1) is 12.8 Å². The van der Waals surface area contributed by atoms with Crippen molar-refractivity contribution in [2.24, 2.45) is 0 Å². The van der Waals surface area contributed by atoms with Gasteiger partial charge in [0.2, 0.25) is 13.4 Å². The summed E-state index contributed by atoms with van der Waals surface area (Å²) in [5, 5.41) is 13.8. The monoisotopic (exact) mass is 522 g/mol. The van der Waals surface area contributed by atoms with E-state index in [2.05, 4.69) is 4.52 Å². The SMILES string of the molecule is O=c1[nH]c(=O)n([C@@H]2O[C@H](COP(=O)([O-])C(F)(F)P(=O)([O-])[O-])[C@@H](O)[C@H]2O)cc1F.[Na+].[Na+].[Na+]. The van der Waals surface area contributed by atoms with Crippen LogP contribution in [-0.4, -0.2) is 50.1 Å². The van der Waals surface area contributed by atoms with Gasteiger partial charge in [-0.3, -0.25) is 14.3 Å². The number of aromatic amines is 1. The second kappa shape index (κ2) is 12.6. The van der Waals surface area contributed by atoms with Gasteiger partial charge in [-0.1, -0.05) is 0 Å². The summed E-state index contributed by atoms with van der Waals surface area (Å²) in [4.78, 5) is 56.2. The number of aromatic nitrogens is 2. The minimum absolute atomic E-state index is 0. The maximum atomic E-state index is 13.3. The quantitative estimate of drug-likeness (QED) is 0.235. The molecule has 0 saturated carbocycles. The third-order valence-corrected chi connectivity index (χ3v) is 6.88. The zero-order chi connectivity index (χ0) is 21.7. The third-order valence-electron chi connectivity index (χ3n) is 3.60. The van der Waals surface area contributed by atoms with Crippen molar-refractivity contribution in [2.45, 2.75) is 29.9 Å². The molecule has 1 saturated heterocycles. The van der Waals surface area contributed by atoms with E-state index in [1.807, 2.05) is 0 Å². The molecule has 13 nitrogen and oxygen atoms in total. The molecule has 0 amide bonds. The summed E-state index contributed by atoms with van der Waals surface area (Å²) in [5.41, 5.74) is -2.72. The van der Waals surface area contributed by atoms with Crippen molar-refractivity contribution in [1.82, 2.24) is 9.55 Å². The number of H-pyrrole nitrogens is 1. The second-order valence-electron chi connectivity index (χ2n) is 5.49. The number of aliphatic hydroxyl groups is 2. The number of hydrogen-bond donors (Lipinski definition) is 3. The van der Waals surface area contributed by atoms with Crippen LogP contribution in [-0.2, 0) is 18.4 Å². The molecule has 3 N–H and O–H groups in total. The van der Waals surface area contributed by atoms with E-state index in [0.29, 0.717) is 6.20 Å². The van der Waals surface area contributed by atoms with E-state index in [4.69, 9.17) is 4.74 Å². The van der Waals surface area contributed by atoms with Gasteiger partial charge in [0.25, 0.3) is 5.56 Å². The topological polar surface area (TPSA) is 217 Å². The van der Waals surface area contributed by atoms with Gasteiger partial charge in [0.1, 0.15) is 18.3 Å². The van der Waals surface area contributed by atoms with Crippen LogP contribution < -0.4 is 115 Å². The zero-order valence-corrected chi connectivity index (χ0v) is 23.9. The summed E-state index contributed by atoms with van der Waals surface area (Å²) in [6.45, 7) is -1.49. The van der Waals surface area contributed by atoms with E-state index in [-0.39, 0.29) is 93.2 Å². The van der Waals surface area contributed by atoms with Crippen LogP contribution in [0.3, 0.4) is 0 Å². The van der Waals surface area contributed by atoms with Crippen molar-refractivity contribution in [2.75, 3.05) is 6.61 Å². The van der Waals surface area contributed by atoms with Crippen molar-refractivity contribution in [3.05, 3.63) is 32.9 Å². The van der Waals surface area contributed by atoms with Crippen LogP contribution in [0.5, 0.6) is 0 Å². The average molecular weight is 522 g/mol. The summed E-state index contributed by atoms with van der Waals surface area (Å²) < 4.78 is 70.2. The number of alkyl halides is 2. The number of nitrogens with zero attached hydrogens (tertiary/aromatic N) is 1. The number of halogens is 3. The van der Waals surface area contributed by atoms with Crippen molar-refractivity contribution < 1.29 is 145 Å². The number of rotatable bonds is 6. The molecule has 1 aliphatic heterocycles. The van der Waals surface area contributed by atoms with Crippen molar-refractivity contribution in [3.8, 4) is 0 Å². The van der Waals surface area contributed by atoms with Gasteiger partial charge in [-0.15, -0.1) is 0 Å². The smallest absolute Gasteiger partial charge is 0.806 e. The molecule has 2 heterocycles. The average Bonchev–Trinajstić information content (AvgIpc) is 2.83. The Kier molecular flexibility index (Phi) is 14.1. The maximum Gasteiger partial charge on any atom is 1.00 e. The Hall–Kier alpha value is 1.65. The van der Waals surface area contributed by atoms with Crippen molar-refractivity contribution in [1.29, 1.82) is 0 Å². The van der Waals surface area contributed by atoms with E-state index in [9.17, 15) is 56.8 Å². The second-order valence-corrected chi connectivity index (χ2v) is 9.21. The fourth-order valence-electron chi connectivity index (χ4n) is 2.15. The first kappa shape index (κ1) is 34.8. The first-order valence-electron chi connectivity index (χ1n) is 6.98. The fraction of sp³-hybridized carbons (Fsp3) is 0.600. The predicted octanol–water partition coefficient (Wildman–Crippen LogP) is -12.7. The first-order valence-corrected chi connectivity index (χ1v) is 10.1. The minimum atomic E-state index is -6.96. The molecule has 0 radical (unpaired) electrons. The molecule has 2 rings (SSSR count). The summed E-state index contributed by atoms with van der Waals surface area (Å²) in [6.07, 6.45) is -7.67. The Morgan fingerprint density at radius 3 is 2.16 bits per heavy atom. The number of ether oxygens (including phenoxy) is 1. The van der Waals surface area contributed by atoms with Gasteiger partial charge in [-0.2, -0.15) is 13.2 Å². The Labute approximate surface area is 236 Å². The van der Waals surface area contributed by atoms with Gasteiger partial charge in [0, 0.05) is 7.60 Å². The van der Waals surface area contributed by atoms with Crippen molar-refractivity contribution >= 4 is 15.2 Å². The molecule has 1 aromatic rings. The fourth-order valence-corrected chi connectivity index (χ4v) is 4.02. The van der Waals surface area contributed by atoms with Gasteiger partial charge >= 0.3 is 99.8 Å².